The largest absolute Gasteiger partial charge is 0.496 e. The second-order valence-electron chi connectivity index (χ2n) is 6.47. The van der Waals surface area contributed by atoms with E-state index >= 15 is 0 Å². The molecule has 1 amide bonds. The summed E-state index contributed by atoms with van der Waals surface area (Å²) in [6.45, 7) is 0. The molecule has 0 aliphatic heterocycles. The molecule has 0 unspecified atom stereocenters. The van der Waals surface area contributed by atoms with Crippen molar-refractivity contribution < 1.29 is 14.3 Å². The number of aromatic amines is 1. The Kier molecular flexibility index (Phi) is 5.43. The Labute approximate surface area is 173 Å². The fraction of sp³-hybridized carbons (Fsp3) is 0.0870. The summed E-state index contributed by atoms with van der Waals surface area (Å²) >= 11 is 0. The maximum atomic E-state index is 12.5. The number of nitrogens with one attached hydrogen (secondary N) is 2. The third-order valence-corrected chi connectivity index (χ3v) is 4.70. The molecule has 150 valence electrons. The average molecular weight is 400 g/mol. The van der Waals surface area contributed by atoms with E-state index in [0.717, 1.165) is 21.9 Å². The van der Waals surface area contributed by atoms with E-state index < -0.39 is 5.91 Å². The van der Waals surface area contributed by atoms with Gasteiger partial charge < -0.3 is 9.47 Å². The average Bonchev–Trinajstić information content (AvgIpc) is 3.28. The van der Waals surface area contributed by atoms with Crippen molar-refractivity contribution in [3.05, 3.63) is 78.0 Å². The monoisotopic (exact) mass is 400 g/mol. The van der Waals surface area contributed by atoms with E-state index in [9.17, 15) is 4.79 Å². The lowest BCUT2D eigenvalue weighted by Gasteiger charge is -2.09. The number of amides is 1. The SMILES string of the molecule is COc1ccccc1/C=N\NC(=O)c1cc(-c2c(OC)ccc3ccccc23)n[nH]1. The summed E-state index contributed by atoms with van der Waals surface area (Å²) in [6.07, 6.45) is 1.53. The number of benzene rings is 3. The number of para-hydroxylation sites is 1. The zero-order valence-corrected chi connectivity index (χ0v) is 16.5. The normalized spacial score (nSPS) is 11.0. The molecule has 0 aliphatic carbocycles. The topological polar surface area (TPSA) is 88.6 Å². The summed E-state index contributed by atoms with van der Waals surface area (Å²) in [5.74, 6) is 0.947. The molecule has 2 N–H and O–H groups in total. The molecular formula is C23H20N4O3. The van der Waals surface area contributed by atoms with Crippen molar-refractivity contribution in [1.29, 1.82) is 0 Å². The molecule has 4 rings (SSSR count). The molecule has 1 aromatic heterocycles. The van der Waals surface area contributed by atoms with Crippen molar-refractivity contribution in [2.75, 3.05) is 14.2 Å². The molecule has 4 aromatic rings. The molecule has 30 heavy (non-hydrogen) atoms. The summed E-state index contributed by atoms with van der Waals surface area (Å²) in [5, 5.41) is 13.2. The van der Waals surface area contributed by atoms with Crippen LogP contribution in [0.5, 0.6) is 11.5 Å². The van der Waals surface area contributed by atoms with E-state index in [2.05, 4.69) is 20.7 Å². The smallest absolute Gasteiger partial charge is 0.289 e. The molecule has 0 spiro atoms. The van der Waals surface area contributed by atoms with Crippen molar-refractivity contribution in [3.8, 4) is 22.8 Å². The Morgan fingerprint density at radius 3 is 2.60 bits per heavy atom. The third kappa shape index (κ3) is 3.73. The number of hydrazone groups is 1. The van der Waals surface area contributed by atoms with Gasteiger partial charge in [0, 0.05) is 5.56 Å². The van der Waals surface area contributed by atoms with Crippen LogP contribution in [0.3, 0.4) is 0 Å². The minimum atomic E-state index is -0.404. The Balaban J connectivity index is 1.58. The molecule has 1 heterocycles. The van der Waals surface area contributed by atoms with Gasteiger partial charge in [0.1, 0.15) is 17.2 Å². The van der Waals surface area contributed by atoms with Gasteiger partial charge in [-0.2, -0.15) is 10.2 Å². The van der Waals surface area contributed by atoms with Crippen molar-refractivity contribution in [2.24, 2.45) is 5.10 Å². The highest BCUT2D eigenvalue weighted by Crippen LogP contribution is 2.36. The van der Waals surface area contributed by atoms with Crippen LogP contribution < -0.4 is 14.9 Å². The van der Waals surface area contributed by atoms with E-state index in [1.807, 2.05) is 60.7 Å². The number of carbonyl (C=O) groups is 1. The maximum absolute atomic E-state index is 12.5. The number of rotatable bonds is 6. The molecule has 0 fully saturated rings. The van der Waals surface area contributed by atoms with Crippen LogP contribution in [-0.4, -0.2) is 36.5 Å². The van der Waals surface area contributed by atoms with E-state index in [1.165, 1.54) is 6.21 Å². The van der Waals surface area contributed by atoms with E-state index in [1.54, 1.807) is 20.3 Å². The summed E-state index contributed by atoms with van der Waals surface area (Å²) in [7, 11) is 3.19. The zero-order chi connectivity index (χ0) is 20.9. The first-order valence-corrected chi connectivity index (χ1v) is 9.29. The fourth-order valence-electron chi connectivity index (χ4n) is 3.25. The number of ether oxygens (including phenoxy) is 2. The van der Waals surface area contributed by atoms with Crippen LogP contribution in [0.4, 0.5) is 0 Å². The van der Waals surface area contributed by atoms with Gasteiger partial charge in [-0.1, -0.05) is 42.5 Å². The molecule has 0 radical (unpaired) electrons. The van der Waals surface area contributed by atoms with Gasteiger partial charge >= 0.3 is 0 Å². The lowest BCUT2D eigenvalue weighted by molar-refractivity contribution is 0.0950. The van der Waals surface area contributed by atoms with Crippen LogP contribution in [0.1, 0.15) is 16.1 Å². The number of hydrogen-bond donors (Lipinski definition) is 2. The van der Waals surface area contributed by atoms with Crippen LogP contribution in [0, 0.1) is 0 Å². The maximum Gasteiger partial charge on any atom is 0.289 e. The Hall–Kier alpha value is -4.13. The molecular weight excluding hydrogens is 380 g/mol. The summed E-state index contributed by atoms with van der Waals surface area (Å²) in [5.41, 5.74) is 4.98. The number of carbonyl (C=O) groups excluding carboxylic acids is 1. The number of nitrogens with zero attached hydrogens (tertiary/aromatic N) is 2. The van der Waals surface area contributed by atoms with E-state index in [0.29, 0.717) is 17.2 Å². The Bertz CT molecular complexity index is 1230. The first-order chi connectivity index (χ1) is 14.7. The fourth-order valence-corrected chi connectivity index (χ4v) is 3.25. The van der Waals surface area contributed by atoms with Crippen LogP contribution in [0.15, 0.2) is 71.8 Å². The highest BCUT2D eigenvalue weighted by molar-refractivity contribution is 6.00. The second-order valence-corrected chi connectivity index (χ2v) is 6.47. The zero-order valence-electron chi connectivity index (χ0n) is 16.5. The standard InChI is InChI=1S/C23H20N4O3/c1-29-20-10-6-4-8-16(20)14-24-27-23(28)19-13-18(25-26-19)22-17-9-5-3-7-15(17)11-12-21(22)30-2/h3-14H,1-2H3,(H,25,26)(H,27,28)/b24-14-. The highest BCUT2D eigenvalue weighted by Gasteiger charge is 2.16. The molecule has 3 aromatic carbocycles. The van der Waals surface area contributed by atoms with Crippen molar-refractivity contribution in [3.63, 3.8) is 0 Å². The first kappa shape index (κ1) is 19.2. The minimum Gasteiger partial charge on any atom is -0.496 e. The number of H-pyrrole nitrogens is 1. The molecule has 0 atom stereocenters. The minimum absolute atomic E-state index is 0.289. The predicted molar refractivity (Wildman–Crippen MR) is 116 cm³/mol. The van der Waals surface area contributed by atoms with Gasteiger partial charge in [0.25, 0.3) is 5.91 Å². The first-order valence-electron chi connectivity index (χ1n) is 9.29. The predicted octanol–water partition coefficient (Wildman–Crippen LogP) is 4.01. The Morgan fingerprint density at radius 2 is 1.77 bits per heavy atom. The van der Waals surface area contributed by atoms with Crippen molar-refractivity contribution in [2.45, 2.75) is 0 Å². The molecule has 0 aliphatic rings. The van der Waals surface area contributed by atoms with Crippen LogP contribution in [-0.2, 0) is 0 Å². The van der Waals surface area contributed by atoms with Gasteiger partial charge in [0.2, 0.25) is 0 Å². The second kappa shape index (κ2) is 8.48. The van der Waals surface area contributed by atoms with Crippen LogP contribution >= 0.6 is 0 Å². The van der Waals surface area contributed by atoms with Gasteiger partial charge in [-0.25, -0.2) is 5.43 Å². The lowest BCUT2D eigenvalue weighted by Crippen LogP contribution is -2.18. The number of hydrogen-bond acceptors (Lipinski definition) is 5. The molecule has 7 nitrogen and oxygen atoms in total. The van der Waals surface area contributed by atoms with Gasteiger partial charge in [-0.05, 0) is 35.0 Å². The lowest BCUT2D eigenvalue weighted by atomic mass is 10.0. The van der Waals surface area contributed by atoms with Crippen LogP contribution in [0.2, 0.25) is 0 Å². The number of aromatic nitrogens is 2. The van der Waals surface area contributed by atoms with E-state index in [-0.39, 0.29) is 5.69 Å². The highest BCUT2D eigenvalue weighted by atomic mass is 16.5. The number of methoxy groups -OCH3 is 2. The molecule has 7 heteroatoms. The van der Waals surface area contributed by atoms with E-state index in [4.69, 9.17) is 9.47 Å². The third-order valence-electron chi connectivity index (χ3n) is 4.70. The van der Waals surface area contributed by atoms with Gasteiger partial charge in [-0.3, -0.25) is 9.89 Å². The van der Waals surface area contributed by atoms with Gasteiger partial charge in [0.05, 0.1) is 31.7 Å². The summed E-state index contributed by atoms with van der Waals surface area (Å²) < 4.78 is 10.8. The summed E-state index contributed by atoms with van der Waals surface area (Å²) in [6, 6.07) is 20.9. The van der Waals surface area contributed by atoms with Crippen LogP contribution in [0.25, 0.3) is 22.0 Å². The number of fused-ring (bicyclic) bond motifs is 1. The van der Waals surface area contributed by atoms with Crippen molar-refractivity contribution >= 4 is 22.9 Å². The Morgan fingerprint density at radius 1 is 1.00 bits per heavy atom. The van der Waals surface area contributed by atoms with Gasteiger partial charge in [0.15, 0.2) is 0 Å². The van der Waals surface area contributed by atoms with Gasteiger partial charge in [-0.15, -0.1) is 0 Å². The molecule has 0 bridgehead atoms. The van der Waals surface area contributed by atoms with Crippen molar-refractivity contribution in [1.82, 2.24) is 15.6 Å². The summed E-state index contributed by atoms with van der Waals surface area (Å²) in [4.78, 5) is 12.5. The molecule has 0 saturated carbocycles. The quantitative estimate of drug-likeness (QED) is 0.378. The molecule has 0 saturated heterocycles.